The number of aromatic nitrogens is 2. The molecular weight excluding hydrogens is 356 g/mol. The first-order valence-corrected chi connectivity index (χ1v) is 8.46. The third-order valence-corrected chi connectivity index (χ3v) is 5.11. The summed E-state index contributed by atoms with van der Waals surface area (Å²) in [6.07, 6.45) is 0. The van der Waals surface area contributed by atoms with E-state index in [1.807, 2.05) is 24.3 Å². The van der Waals surface area contributed by atoms with Crippen LogP contribution in [-0.4, -0.2) is 9.36 Å². The van der Waals surface area contributed by atoms with Gasteiger partial charge >= 0.3 is 0 Å². The van der Waals surface area contributed by atoms with Gasteiger partial charge < -0.3 is 0 Å². The molecule has 106 valence electrons. The molecule has 4 aromatic rings. The van der Waals surface area contributed by atoms with Gasteiger partial charge in [0, 0.05) is 5.56 Å². The molecular formula is C18H11BrN2S. The first-order valence-electron chi connectivity index (χ1n) is 6.90. The van der Waals surface area contributed by atoms with Crippen molar-refractivity contribution in [3.05, 3.63) is 71.3 Å². The Labute approximate surface area is 140 Å². The van der Waals surface area contributed by atoms with Crippen molar-refractivity contribution < 1.29 is 0 Å². The average Bonchev–Trinajstić information content (AvgIpc) is 2.97. The van der Waals surface area contributed by atoms with Crippen molar-refractivity contribution in [1.82, 2.24) is 9.36 Å². The maximum atomic E-state index is 4.78. The fraction of sp³-hybridized carbons (Fsp3) is 0. The highest BCUT2D eigenvalue weighted by molar-refractivity contribution is 9.10. The third-order valence-electron chi connectivity index (χ3n) is 3.56. The van der Waals surface area contributed by atoms with Crippen molar-refractivity contribution in [3.63, 3.8) is 0 Å². The molecule has 2 heterocycles. The van der Waals surface area contributed by atoms with E-state index in [1.165, 1.54) is 17.1 Å². The van der Waals surface area contributed by atoms with Crippen LogP contribution in [0.3, 0.4) is 0 Å². The molecule has 0 N–H and O–H groups in total. The summed E-state index contributed by atoms with van der Waals surface area (Å²) in [5.74, 6) is 0. The first kappa shape index (κ1) is 13.6. The number of nitrogens with zero attached hydrogens (tertiary/aromatic N) is 2. The number of hydrogen-bond acceptors (Lipinski definition) is 3. The van der Waals surface area contributed by atoms with E-state index in [-0.39, 0.29) is 0 Å². The van der Waals surface area contributed by atoms with Crippen LogP contribution >= 0.6 is 27.5 Å². The summed E-state index contributed by atoms with van der Waals surface area (Å²) in [6, 6.07) is 22.8. The standard InChI is InChI=1S/C18H11BrN2S/c19-17-16-14(12-7-3-1-4-8-12)11-15(20-18(16)22-21-17)13-9-5-2-6-10-13/h1-11H. The summed E-state index contributed by atoms with van der Waals surface area (Å²) >= 11 is 4.98. The molecule has 2 aromatic carbocycles. The van der Waals surface area contributed by atoms with Gasteiger partial charge in [0.2, 0.25) is 0 Å². The van der Waals surface area contributed by atoms with E-state index in [2.05, 4.69) is 62.8 Å². The Morgan fingerprint density at radius 2 is 1.45 bits per heavy atom. The van der Waals surface area contributed by atoms with E-state index < -0.39 is 0 Å². The van der Waals surface area contributed by atoms with Crippen LogP contribution in [0, 0.1) is 0 Å². The second-order valence-electron chi connectivity index (χ2n) is 4.94. The average molecular weight is 367 g/mol. The number of halogens is 1. The molecule has 0 aliphatic rings. The molecule has 0 unspecified atom stereocenters. The molecule has 4 heteroatoms. The quantitative estimate of drug-likeness (QED) is 0.448. The van der Waals surface area contributed by atoms with Crippen LogP contribution in [0.25, 0.3) is 32.6 Å². The Kier molecular flexibility index (Phi) is 3.48. The van der Waals surface area contributed by atoms with E-state index in [0.717, 1.165) is 31.6 Å². The molecule has 0 radical (unpaired) electrons. The summed E-state index contributed by atoms with van der Waals surface area (Å²) in [5.41, 5.74) is 4.42. The van der Waals surface area contributed by atoms with E-state index in [9.17, 15) is 0 Å². The zero-order chi connectivity index (χ0) is 14.9. The molecule has 0 aliphatic heterocycles. The fourth-order valence-corrected chi connectivity index (χ4v) is 3.96. The number of hydrogen-bond donors (Lipinski definition) is 0. The largest absolute Gasteiger partial charge is 0.235 e. The maximum absolute atomic E-state index is 4.78. The second kappa shape index (κ2) is 5.63. The van der Waals surface area contributed by atoms with Gasteiger partial charge in [-0.15, -0.1) is 0 Å². The molecule has 0 bridgehead atoms. The molecule has 2 nitrogen and oxygen atoms in total. The zero-order valence-electron chi connectivity index (χ0n) is 11.5. The number of rotatable bonds is 2. The summed E-state index contributed by atoms with van der Waals surface area (Å²) in [7, 11) is 0. The fourth-order valence-electron chi connectivity index (χ4n) is 2.52. The van der Waals surface area contributed by atoms with Gasteiger partial charge in [-0.2, -0.15) is 4.37 Å². The van der Waals surface area contributed by atoms with E-state index in [0.29, 0.717) is 0 Å². The molecule has 0 amide bonds. The Hall–Kier alpha value is -2.04. The number of fused-ring (bicyclic) bond motifs is 1. The lowest BCUT2D eigenvalue weighted by Crippen LogP contribution is -1.87. The Morgan fingerprint density at radius 3 is 2.14 bits per heavy atom. The lowest BCUT2D eigenvalue weighted by atomic mass is 10.0. The van der Waals surface area contributed by atoms with Crippen LogP contribution in [-0.2, 0) is 0 Å². The predicted molar refractivity (Wildman–Crippen MR) is 96.0 cm³/mol. The third kappa shape index (κ3) is 2.34. The summed E-state index contributed by atoms with van der Waals surface area (Å²) in [5, 5.41) is 1.08. The van der Waals surface area contributed by atoms with Crippen LogP contribution < -0.4 is 0 Å². The minimum absolute atomic E-state index is 0.860. The minimum Gasteiger partial charge on any atom is -0.235 e. The topological polar surface area (TPSA) is 25.8 Å². The Morgan fingerprint density at radius 1 is 0.818 bits per heavy atom. The summed E-state index contributed by atoms with van der Waals surface area (Å²) in [4.78, 5) is 5.73. The molecule has 0 spiro atoms. The minimum atomic E-state index is 0.860. The molecule has 22 heavy (non-hydrogen) atoms. The number of pyridine rings is 1. The normalized spacial score (nSPS) is 11.0. The van der Waals surface area contributed by atoms with Gasteiger partial charge in [0.05, 0.1) is 11.1 Å². The summed E-state index contributed by atoms with van der Waals surface area (Å²) in [6.45, 7) is 0. The molecule has 0 fully saturated rings. The zero-order valence-corrected chi connectivity index (χ0v) is 13.9. The van der Waals surface area contributed by atoms with Crippen LogP contribution in [0.5, 0.6) is 0 Å². The van der Waals surface area contributed by atoms with Crippen LogP contribution in [0.4, 0.5) is 0 Å². The molecule has 0 atom stereocenters. The summed E-state index contributed by atoms with van der Waals surface area (Å²) < 4.78 is 5.27. The van der Waals surface area contributed by atoms with Crippen molar-refractivity contribution in [2.24, 2.45) is 0 Å². The van der Waals surface area contributed by atoms with E-state index >= 15 is 0 Å². The SMILES string of the molecule is Brc1nsc2nc(-c3ccccc3)cc(-c3ccccc3)c12. The highest BCUT2D eigenvalue weighted by Crippen LogP contribution is 2.37. The van der Waals surface area contributed by atoms with Gasteiger partial charge in [-0.05, 0) is 44.7 Å². The van der Waals surface area contributed by atoms with Crippen molar-refractivity contribution in [2.75, 3.05) is 0 Å². The van der Waals surface area contributed by atoms with Gasteiger partial charge in [-0.1, -0.05) is 60.7 Å². The predicted octanol–water partition coefficient (Wildman–Crippen LogP) is 5.79. The lowest BCUT2D eigenvalue weighted by molar-refractivity contribution is 1.42. The molecule has 0 aliphatic carbocycles. The second-order valence-corrected chi connectivity index (χ2v) is 6.44. The van der Waals surface area contributed by atoms with Gasteiger partial charge in [0.1, 0.15) is 9.43 Å². The molecule has 4 rings (SSSR count). The van der Waals surface area contributed by atoms with Gasteiger partial charge in [0.15, 0.2) is 0 Å². The molecule has 0 saturated heterocycles. The van der Waals surface area contributed by atoms with E-state index in [1.54, 1.807) is 0 Å². The maximum Gasteiger partial charge on any atom is 0.145 e. The van der Waals surface area contributed by atoms with Crippen LogP contribution in [0.15, 0.2) is 71.3 Å². The Balaban J connectivity index is 2.03. The van der Waals surface area contributed by atoms with E-state index in [4.69, 9.17) is 4.98 Å². The lowest BCUT2D eigenvalue weighted by Gasteiger charge is -2.07. The first-order chi connectivity index (χ1) is 10.8. The van der Waals surface area contributed by atoms with Gasteiger partial charge in [-0.25, -0.2) is 4.98 Å². The highest BCUT2D eigenvalue weighted by atomic mass is 79.9. The Bertz CT molecular complexity index is 933. The molecule has 0 saturated carbocycles. The van der Waals surface area contributed by atoms with Gasteiger partial charge in [-0.3, -0.25) is 0 Å². The highest BCUT2D eigenvalue weighted by Gasteiger charge is 2.14. The molecule has 2 aromatic heterocycles. The van der Waals surface area contributed by atoms with Crippen molar-refractivity contribution in [1.29, 1.82) is 0 Å². The number of benzene rings is 2. The van der Waals surface area contributed by atoms with Crippen molar-refractivity contribution >= 4 is 37.7 Å². The van der Waals surface area contributed by atoms with Crippen LogP contribution in [0.2, 0.25) is 0 Å². The van der Waals surface area contributed by atoms with Crippen LogP contribution in [0.1, 0.15) is 0 Å². The monoisotopic (exact) mass is 366 g/mol. The van der Waals surface area contributed by atoms with Gasteiger partial charge in [0.25, 0.3) is 0 Å². The van der Waals surface area contributed by atoms with Crippen molar-refractivity contribution in [2.45, 2.75) is 0 Å². The van der Waals surface area contributed by atoms with Crippen molar-refractivity contribution in [3.8, 4) is 22.4 Å². The smallest absolute Gasteiger partial charge is 0.145 e.